The monoisotopic (exact) mass is 557 g/mol. The van der Waals surface area contributed by atoms with Crippen molar-refractivity contribution >= 4 is 25.3 Å². The summed E-state index contributed by atoms with van der Waals surface area (Å²) in [7, 11) is -4.33. The molecule has 1 fully saturated rings. The number of nitrogens with zero attached hydrogens (tertiary/aromatic N) is 1. The average Bonchev–Trinajstić information content (AvgIpc) is 3.08. The van der Waals surface area contributed by atoms with Gasteiger partial charge in [-0.2, -0.15) is 0 Å². The lowest BCUT2D eigenvalue weighted by atomic mass is 9.95. The third kappa shape index (κ3) is 6.88. The van der Waals surface area contributed by atoms with E-state index in [0.717, 1.165) is 16.8 Å². The molecule has 1 aliphatic rings. The molecule has 0 aliphatic carbocycles. The highest BCUT2D eigenvalue weighted by Gasteiger charge is 2.56. The Morgan fingerprint density at radius 3 is 2.62 bits per heavy atom. The Hall–Kier alpha value is -2.95. The van der Waals surface area contributed by atoms with Gasteiger partial charge < -0.3 is 24.2 Å². The van der Waals surface area contributed by atoms with Gasteiger partial charge in [-0.25, -0.2) is 14.4 Å². The third-order valence-corrected chi connectivity index (χ3v) is 6.79. The summed E-state index contributed by atoms with van der Waals surface area (Å²) >= 11 is 5.86. The number of terminal acetylenes is 1. The molecule has 3 rings (SSSR count). The summed E-state index contributed by atoms with van der Waals surface area (Å²) in [6, 6.07) is 6.74. The summed E-state index contributed by atoms with van der Waals surface area (Å²) in [6.07, 6.45) is 1.15. The van der Waals surface area contributed by atoms with E-state index in [1.165, 1.54) is 24.3 Å². The SMILES string of the molecule is C#C[C@@]1(O)[C@H](O)[C@@H](COP(=O)(NCC(=O)OC(C)C)Oc2ccc(Cl)cc2)O[C@@H]1n1ccc(=O)[nH]c1=O. The maximum absolute atomic E-state index is 13.5. The number of ether oxygens (including phenoxy) is 2. The molecule has 200 valence electrons. The molecule has 5 atom stereocenters. The summed E-state index contributed by atoms with van der Waals surface area (Å²) in [5.74, 6) is 1.33. The number of aromatic amines is 1. The fourth-order valence-corrected chi connectivity index (χ4v) is 4.73. The molecule has 1 saturated heterocycles. The topological polar surface area (TPSA) is 178 Å². The van der Waals surface area contributed by atoms with Crippen LogP contribution in [0.4, 0.5) is 0 Å². The zero-order valence-corrected chi connectivity index (χ0v) is 21.3. The lowest BCUT2D eigenvalue weighted by Gasteiger charge is -2.26. The van der Waals surface area contributed by atoms with Gasteiger partial charge in [0.2, 0.25) is 0 Å². The highest BCUT2D eigenvalue weighted by molar-refractivity contribution is 7.52. The van der Waals surface area contributed by atoms with Crippen molar-refractivity contribution in [2.45, 2.75) is 44.0 Å². The molecule has 37 heavy (non-hydrogen) atoms. The molecule has 1 aromatic heterocycles. The summed E-state index contributed by atoms with van der Waals surface area (Å²) in [5, 5.41) is 24.3. The smallest absolute Gasteiger partial charge is 0.459 e. The van der Waals surface area contributed by atoms with Crippen molar-refractivity contribution in [3.8, 4) is 18.1 Å². The number of esters is 1. The molecule has 0 saturated carbocycles. The minimum atomic E-state index is -4.33. The van der Waals surface area contributed by atoms with Crippen LogP contribution in [0.15, 0.2) is 46.1 Å². The van der Waals surface area contributed by atoms with Crippen LogP contribution in [0.2, 0.25) is 5.02 Å². The van der Waals surface area contributed by atoms with E-state index in [1.54, 1.807) is 13.8 Å². The zero-order valence-electron chi connectivity index (χ0n) is 19.7. The van der Waals surface area contributed by atoms with Crippen LogP contribution in [-0.2, 0) is 23.4 Å². The van der Waals surface area contributed by atoms with Gasteiger partial charge in [-0.15, -0.1) is 6.42 Å². The van der Waals surface area contributed by atoms with Gasteiger partial charge in [0.15, 0.2) is 11.8 Å². The number of aromatic nitrogens is 2. The number of H-pyrrole nitrogens is 1. The first-order chi connectivity index (χ1) is 17.4. The summed E-state index contributed by atoms with van der Waals surface area (Å²) in [6.45, 7) is 2.04. The van der Waals surface area contributed by atoms with Crippen LogP contribution in [0, 0.1) is 12.3 Å². The molecule has 0 spiro atoms. The lowest BCUT2D eigenvalue weighted by molar-refractivity contribution is -0.146. The van der Waals surface area contributed by atoms with Crippen molar-refractivity contribution in [3.05, 3.63) is 62.4 Å². The van der Waals surface area contributed by atoms with Gasteiger partial charge in [0.1, 0.15) is 24.5 Å². The third-order valence-electron chi connectivity index (χ3n) is 5.05. The number of aliphatic hydroxyl groups excluding tert-OH is 1. The van der Waals surface area contributed by atoms with Crippen LogP contribution in [0.3, 0.4) is 0 Å². The molecule has 1 aliphatic heterocycles. The van der Waals surface area contributed by atoms with Crippen LogP contribution in [-0.4, -0.2) is 62.8 Å². The maximum atomic E-state index is 13.5. The molecule has 1 aromatic carbocycles. The van der Waals surface area contributed by atoms with Crippen molar-refractivity contribution in [2.24, 2.45) is 0 Å². The lowest BCUT2D eigenvalue weighted by Crippen LogP contribution is -2.48. The molecule has 1 unspecified atom stereocenters. The van der Waals surface area contributed by atoms with Crippen LogP contribution in [0.5, 0.6) is 5.75 Å². The zero-order chi connectivity index (χ0) is 27.4. The minimum absolute atomic E-state index is 0.0724. The number of hydrogen-bond donors (Lipinski definition) is 4. The number of hydrogen-bond acceptors (Lipinski definition) is 10. The summed E-state index contributed by atoms with van der Waals surface area (Å²) in [5.41, 5.74) is -4.08. The van der Waals surface area contributed by atoms with Crippen LogP contribution < -0.4 is 20.9 Å². The first kappa shape index (κ1) is 28.6. The normalized spacial score (nSPS) is 24.8. The number of nitrogens with one attached hydrogen (secondary N) is 2. The molecule has 15 heteroatoms. The molecular weight excluding hydrogens is 533 g/mol. The summed E-state index contributed by atoms with van der Waals surface area (Å²) in [4.78, 5) is 37.6. The second-order valence-electron chi connectivity index (χ2n) is 8.17. The molecular formula is C22H25ClN3O10P. The van der Waals surface area contributed by atoms with E-state index in [2.05, 4.69) is 5.09 Å². The fourth-order valence-electron chi connectivity index (χ4n) is 3.33. The molecule has 2 heterocycles. The molecule has 0 bridgehead atoms. The Morgan fingerprint density at radius 2 is 2.03 bits per heavy atom. The maximum Gasteiger partial charge on any atom is 0.459 e. The van der Waals surface area contributed by atoms with E-state index >= 15 is 0 Å². The van der Waals surface area contributed by atoms with Crippen molar-refractivity contribution in [2.75, 3.05) is 13.2 Å². The Kier molecular flexibility index (Phi) is 8.99. The van der Waals surface area contributed by atoms with E-state index in [4.69, 9.17) is 36.5 Å². The standard InChI is InChI=1S/C22H25ClN3O10P/c1-4-22(31)19(29)16(35-20(22)26-10-9-17(27)25-21(26)30)12-33-37(32,24-11-18(28)34-13(2)3)36-15-7-5-14(23)6-8-15/h1,5-10,13,16,19-20,29,31H,11-12H2,2-3H3,(H,24,32)(H,25,27,30)/t16-,19-,20+,22-,37?/m1/s1. The number of rotatable bonds is 10. The molecule has 4 N–H and O–H groups in total. The predicted molar refractivity (Wildman–Crippen MR) is 130 cm³/mol. The fraction of sp³-hybridized carbons (Fsp3) is 0.409. The quantitative estimate of drug-likeness (QED) is 0.182. The molecule has 0 radical (unpaired) electrons. The van der Waals surface area contributed by atoms with Crippen molar-refractivity contribution in [3.63, 3.8) is 0 Å². The van der Waals surface area contributed by atoms with Gasteiger partial charge in [-0.05, 0) is 38.1 Å². The van der Waals surface area contributed by atoms with Crippen molar-refractivity contribution in [1.82, 2.24) is 14.6 Å². The van der Waals surface area contributed by atoms with Crippen LogP contribution >= 0.6 is 19.3 Å². The van der Waals surface area contributed by atoms with Crippen LogP contribution in [0.25, 0.3) is 0 Å². The Balaban J connectivity index is 1.81. The van der Waals surface area contributed by atoms with Crippen molar-refractivity contribution in [1.29, 1.82) is 0 Å². The predicted octanol–water partition coefficient (Wildman–Crippen LogP) is 0.558. The van der Waals surface area contributed by atoms with Crippen molar-refractivity contribution < 1.29 is 38.1 Å². The second-order valence-corrected chi connectivity index (χ2v) is 10.4. The van der Waals surface area contributed by atoms with Gasteiger partial charge in [-0.1, -0.05) is 17.5 Å². The Morgan fingerprint density at radius 1 is 1.35 bits per heavy atom. The highest BCUT2D eigenvalue weighted by atomic mass is 35.5. The highest BCUT2D eigenvalue weighted by Crippen LogP contribution is 2.46. The first-order valence-electron chi connectivity index (χ1n) is 10.9. The number of halogens is 1. The number of carbonyl (C=O) groups excluding carboxylic acids is 1. The molecule has 2 aromatic rings. The minimum Gasteiger partial charge on any atom is -0.462 e. The van der Waals surface area contributed by atoms with Gasteiger partial charge in [0.25, 0.3) is 5.56 Å². The Labute approximate surface area is 215 Å². The van der Waals surface area contributed by atoms with E-state index < -0.39 is 68.3 Å². The second kappa shape index (κ2) is 11.6. The van der Waals surface area contributed by atoms with Gasteiger partial charge in [0, 0.05) is 17.3 Å². The number of aliphatic hydroxyl groups is 2. The van der Waals surface area contributed by atoms with E-state index in [9.17, 15) is 29.2 Å². The van der Waals surface area contributed by atoms with E-state index in [0.29, 0.717) is 5.02 Å². The number of benzene rings is 1. The molecule has 13 nitrogen and oxygen atoms in total. The molecule has 0 amide bonds. The largest absolute Gasteiger partial charge is 0.462 e. The van der Waals surface area contributed by atoms with Gasteiger partial charge >= 0.3 is 19.4 Å². The van der Waals surface area contributed by atoms with Gasteiger partial charge in [-0.3, -0.25) is 23.7 Å². The average molecular weight is 558 g/mol. The van der Waals surface area contributed by atoms with E-state index in [1.807, 2.05) is 10.9 Å². The Bertz CT molecular complexity index is 1320. The van der Waals surface area contributed by atoms with Crippen LogP contribution in [0.1, 0.15) is 20.1 Å². The first-order valence-corrected chi connectivity index (χ1v) is 12.8. The van der Waals surface area contributed by atoms with Gasteiger partial charge in [0.05, 0.1) is 12.7 Å². The van der Waals surface area contributed by atoms with E-state index in [-0.39, 0.29) is 5.75 Å². The summed E-state index contributed by atoms with van der Waals surface area (Å²) < 4.78 is 35.7. The number of carbonyl (C=O) groups is 1.